The third kappa shape index (κ3) is 2.99. The number of carbonyl (C=O) groups is 1. The van der Waals surface area contributed by atoms with Gasteiger partial charge in [-0.3, -0.25) is 9.59 Å². The normalized spacial score (nSPS) is 12.1. The number of halogens is 1. The van der Waals surface area contributed by atoms with E-state index in [2.05, 4.69) is 26.2 Å². The molecule has 5 heteroatoms. The van der Waals surface area contributed by atoms with E-state index in [1.54, 1.807) is 6.07 Å². The summed E-state index contributed by atoms with van der Waals surface area (Å²) >= 11 is 3.25. The minimum atomic E-state index is -0.274. The van der Waals surface area contributed by atoms with Crippen molar-refractivity contribution >= 4 is 21.8 Å². The number of hydrogen-bond donors (Lipinski definition) is 2. The molecule has 1 atom stereocenters. The minimum Gasteiger partial charge on any atom is -0.349 e. The van der Waals surface area contributed by atoms with E-state index in [4.69, 9.17) is 0 Å². The van der Waals surface area contributed by atoms with Crippen LogP contribution in [-0.2, 0) is 0 Å². The Hall–Kier alpha value is -1.10. The molecular weight excluding hydrogens is 248 g/mol. The summed E-state index contributed by atoms with van der Waals surface area (Å²) in [5.41, 5.74) is 0.102. The third-order valence-corrected chi connectivity index (χ3v) is 2.62. The summed E-state index contributed by atoms with van der Waals surface area (Å²) in [6.07, 6.45) is 1.45. The fourth-order valence-corrected chi connectivity index (χ4v) is 1.09. The van der Waals surface area contributed by atoms with Gasteiger partial charge in [-0.1, -0.05) is 15.9 Å². The molecule has 0 spiro atoms. The Morgan fingerprint density at radius 3 is 3.00 bits per heavy atom. The van der Waals surface area contributed by atoms with Crippen molar-refractivity contribution in [2.24, 2.45) is 0 Å². The van der Waals surface area contributed by atoms with Crippen LogP contribution in [0.2, 0.25) is 0 Å². The maximum Gasteiger partial charge on any atom is 0.251 e. The molecule has 76 valence electrons. The largest absolute Gasteiger partial charge is 0.349 e. The Bertz CT molecular complexity index is 375. The van der Waals surface area contributed by atoms with E-state index >= 15 is 0 Å². The van der Waals surface area contributed by atoms with Crippen LogP contribution in [0.4, 0.5) is 0 Å². The molecule has 0 saturated heterocycles. The van der Waals surface area contributed by atoms with Crippen molar-refractivity contribution in [3.05, 3.63) is 34.2 Å². The van der Waals surface area contributed by atoms with E-state index in [0.717, 1.165) is 0 Å². The number of alkyl halides is 1. The lowest BCUT2D eigenvalue weighted by atomic mass is 10.2. The van der Waals surface area contributed by atoms with Crippen molar-refractivity contribution in [1.29, 1.82) is 0 Å². The Labute approximate surface area is 89.9 Å². The van der Waals surface area contributed by atoms with Gasteiger partial charge in [0.05, 0.1) is 0 Å². The van der Waals surface area contributed by atoms with Crippen molar-refractivity contribution in [2.75, 3.05) is 5.33 Å². The van der Waals surface area contributed by atoms with E-state index in [9.17, 15) is 9.59 Å². The number of aromatic amines is 1. The van der Waals surface area contributed by atoms with Gasteiger partial charge >= 0.3 is 0 Å². The first-order valence-corrected chi connectivity index (χ1v) is 5.31. The number of rotatable bonds is 3. The van der Waals surface area contributed by atoms with Gasteiger partial charge in [0.25, 0.3) is 5.91 Å². The lowest BCUT2D eigenvalue weighted by Gasteiger charge is -2.09. The first-order valence-electron chi connectivity index (χ1n) is 4.19. The van der Waals surface area contributed by atoms with Gasteiger partial charge in [0.1, 0.15) is 0 Å². The molecule has 0 saturated carbocycles. The predicted octanol–water partition coefficient (Wildman–Crippen LogP) is 0.888. The van der Waals surface area contributed by atoms with Gasteiger partial charge in [-0.2, -0.15) is 0 Å². The molecule has 1 rings (SSSR count). The van der Waals surface area contributed by atoms with Gasteiger partial charge in [-0.25, -0.2) is 0 Å². The maximum atomic E-state index is 11.5. The topological polar surface area (TPSA) is 62.0 Å². The van der Waals surface area contributed by atoms with Gasteiger partial charge in [-0.15, -0.1) is 0 Å². The van der Waals surface area contributed by atoms with E-state index in [-0.39, 0.29) is 17.5 Å². The highest BCUT2D eigenvalue weighted by Crippen LogP contribution is 1.95. The number of nitrogens with one attached hydrogen (secondary N) is 2. The first-order chi connectivity index (χ1) is 6.63. The van der Waals surface area contributed by atoms with Crippen molar-refractivity contribution in [2.45, 2.75) is 13.0 Å². The molecule has 0 aliphatic carbocycles. The summed E-state index contributed by atoms with van der Waals surface area (Å²) in [5, 5.41) is 3.42. The maximum absolute atomic E-state index is 11.5. The second-order valence-electron chi connectivity index (χ2n) is 2.97. The van der Waals surface area contributed by atoms with Gasteiger partial charge in [0.2, 0.25) is 5.56 Å². The molecule has 1 amide bonds. The van der Waals surface area contributed by atoms with E-state index in [1.165, 1.54) is 12.3 Å². The molecule has 14 heavy (non-hydrogen) atoms. The molecule has 0 fully saturated rings. The van der Waals surface area contributed by atoms with Gasteiger partial charge in [0, 0.05) is 29.2 Å². The van der Waals surface area contributed by atoms with Crippen LogP contribution in [0.15, 0.2) is 23.1 Å². The molecule has 0 radical (unpaired) electrons. The van der Waals surface area contributed by atoms with E-state index in [0.29, 0.717) is 10.9 Å². The molecule has 1 heterocycles. The Morgan fingerprint density at radius 1 is 1.71 bits per heavy atom. The molecule has 0 aromatic carbocycles. The number of amides is 1. The number of H-pyrrole nitrogens is 1. The molecule has 4 nitrogen and oxygen atoms in total. The lowest BCUT2D eigenvalue weighted by Crippen LogP contribution is -2.34. The van der Waals surface area contributed by atoms with Gasteiger partial charge < -0.3 is 10.3 Å². The Morgan fingerprint density at radius 2 is 2.43 bits per heavy atom. The zero-order chi connectivity index (χ0) is 10.6. The number of aromatic nitrogens is 1. The van der Waals surface area contributed by atoms with E-state index < -0.39 is 0 Å². The zero-order valence-corrected chi connectivity index (χ0v) is 9.30. The van der Waals surface area contributed by atoms with Crippen molar-refractivity contribution in [3.63, 3.8) is 0 Å². The highest BCUT2D eigenvalue weighted by Gasteiger charge is 2.08. The number of pyridine rings is 1. The van der Waals surface area contributed by atoms with Crippen LogP contribution in [0.25, 0.3) is 0 Å². The average Bonchev–Trinajstić information content (AvgIpc) is 2.17. The fourth-order valence-electron chi connectivity index (χ4n) is 0.932. The van der Waals surface area contributed by atoms with Gasteiger partial charge in [0.15, 0.2) is 0 Å². The van der Waals surface area contributed by atoms with Crippen LogP contribution in [0.1, 0.15) is 17.3 Å². The molecule has 0 aliphatic heterocycles. The minimum absolute atomic E-state index is 0.0433. The number of carbonyl (C=O) groups excluding carboxylic acids is 1. The molecule has 0 aliphatic rings. The summed E-state index contributed by atoms with van der Waals surface area (Å²) in [6.45, 7) is 1.87. The number of hydrogen-bond acceptors (Lipinski definition) is 2. The van der Waals surface area contributed by atoms with Crippen molar-refractivity contribution < 1.29 is 4.79 Å². The van der Waals surface area contributed by atoms with Crippen molar-refractivity contribution in [1.82, 2.24) is 10.3 Å². The van der Waals surface area contributed by atoms with Crippen LogP contribution in [0, 0.1) is 0 Å². The summed E-state index contributed by atoms with van der Waals surface area (Å²) in [5.74, 6) is -0.233. The molecular formula is C9H11BrN2O2. The molecule has 2 N–H and O–H groups in total. The highest BCUT2D eigenvalue weighted by molar-refractivity contribution is 9.09. The first kappa shape index (κ1) is 11.0. The van der Waals surface area contributed by atoms with Crippen LogP contribution in [0.5, 0.6) is 0 Å². The summed E-state index contributed by atoms with van der Waals surface area (Å²) in [7, 11) is 0. The molecule has 1 aromatic rings. The van der Waals surface area contributed by atoms with Crippen LogP contribution < -0.4 is 10.9 Å². The molecule has 1 aromatic heterocycles. The van der Waals surface area contributed by atoms with E-state index in [1.807, 2.05) is 6.92 Å². The average molecular weight is 259 g/mol. The van der Waals surface area contributed by atoms with Crippen LogP contribution in [-0.4, -0.2) is 22.3 Å². The van der Waals surface area contributed by atoms with Crippen LogP contribution in [0.3, 0.4) is 0 Å². The highest BCUT2D eigenvalue weighted by atomic mass is 79.9. The quantitative estimate of drug-likeness (QED) is 0.792. The SMILES string of the molecule is CC(CBr)NC(=O)c1cc[nH]c(=O)c1. The predicted molar refractivity (Wildman–Crippen MR) is 57.8 cm³/mol. The van der Waals surface area contributed by atoms with Crippen LogP contribution >= 0.6 is 15.9 Å². The summed E-state index contributed by atoms with van der Waals surface area (Å²) in [4.78, 5) is 24.8. The smallest absolute Gasteiger partial charge is 0.251 e. The second-order valence-corrected chi connectivity index (χ2v) is 3.62. The summed E-state index contributed by atoms with van der Waals surface area (Å²) in [6, 6.07) is 2.88. The lowest BCUT2D eigenvalue weighted by molar-refractivity contribution is 0.0943. The Balaban J connectivity index is 2.75. The second kappa shape index (κ2) is 4.95. The van der Waals surface area contributed by atoms with Crippen molar-refractivity contribution in [3.8, 4) is 0 Å². The Kier molecular flexibility index (Phi) is 3.88. The monoisotopic (exact) mass is 258 g/mol. The third-order valence-electron chi connectivity index (χ3n) is 1.65. The fraction of sp³-hybridized carbons (Fsp3) is 0.333. The summed E-state index contributed by atoms with van der Waals surface area (Å²) < 4.78 is 0. The zero-order valence-electron chi connectivity index (χ0n) is 7.71. The molecule has 1 unspecified atom stereocenters. The molecule has 0 bridgehead atoms. The standard InChI is InChI=1S/C9H11BrN2O2/c1-6(5-10)12-9(14)7-2-3-11-8(13)4-7/h2-4,6H,5H2,1H3,(H,11,13)(H,12,14). The van der Waals surface area contributed by atoms with Gasteiger partial charge in [-0.05, 0) is 13.0 Å².